The fourth-order valence-electron chi connectivity index (χ4n) is 2.94. The molecule has 4 heterocycles. The molecule has 0 saturated heterocycles. The van der Waals surface area contributed by atoms with Crippen molar-refractivity contribution in [3.8, 4) is 0 Å². The second-order valence-corrected chi connectivity index (χ2v) is 5.52. The average molecular weight is 295 g/mol. The summed E-state index contributed by atoms with van der Waals surface area (Å²) in [7, 11) is 0. The summed E-state index contributed by atoms with van der Waals surface area (Å²) in [5.41, 5.74) is 0. The molecule has 0 radical (unpaired) electrons. The third kappa shape index (κ3) is 2.57. The van der Waals surface area contributed by atoms with Gasteiger partial charge in [-0.3, -0.25) is 4.68 Å². The molecule has 1 aliphatic rings. The molecule has 0 amide bonds. The van der Waals surface area contributed by atoms with E-state index in [0.29, 0.717) is 5.92 Å². The van der Waals surface area contributed by atoms with Crippen LogP contribution >= 0.6 is 0 Å². The third-order valence-corrected chi connectivity index (χ3v) is 3.91. The van der Waals surface area contributed by atoms with E-state index in [1.807, 2.05) is 41.6 Å². The minimum atomic E-state index is 0.416. The Morgan fingerprint density at radius 2 is 1.86 bits per heavy atom. The Hall–Kier alpha value is -2.70. The van der Waals surface area contributed by atoms with Gasteiger partial charge in [0.15, 0.2) is 0 Å². The standard InChI is InChI=1S/C15H17N7/c1-3-17-15(18-4-1)21-10-13(11-22-7-2-5-19-22)9-20-8-6-16-14(20)12-21/h1-8,13H,9-12H2. The molecule has 0 aliphatic carbocycles. The average Bonchev–Trinajstić information content (AvgIpc) is 3.17. The van der Waals surface area contributed by atoms with E-state index in [1.54, 1.807) is 12.4 Å². The number of fused-ring (bicyclic) bond motifs is 1. The van der Waals surface area contributed by atoms with Gasteiger partial charge >= 0.3 is 0 Å². The number of anilines is 1. The molecule has 0 spiro atoms. The van der Waals surface area contributed by atoms with Gasteiger partial charge in [-0.1, -0.05) is 0 Å². The van der Waals surface area contributed by atoms with Crippen LogP contribution in [0.25, 0.3) is 0 Å². The number of hydrogen-bond donors (Lipinski definition) is 0. The van der Waals surface area contributed by atoms with Gasteiger partial charge in [0.25, 0.3) is 0 Å². The van der Waals surface area contributed by atoms with Gasteiger partial charge in [-0.05, 0) is 12.1 Å². The van der Waals surface area contributed by atoms with Crippen molar-refractivity contribution in [2.24, 2.45) is 5.92 Å². The molecule has 0 N–H and O–H groups in total. The van der Waals surface area contributed by atoms with Crippen molar-refractivity contribution >= 4 is 5.95 Å². The van der Waals surface area contributed by atoms with Crippen LogP contribution in [0.1, 0.15) is 5.82 Å². The molecule has 0 saturated carbocycles. The molecule has 1 aliphatic heterocycles. The Kier molecular flexibility index (Phi) is 3.30. The molecule has 3 aromatic heterocycles. The molecule has 0 bridgehead atoms. The number of imidazole rings is 1. The number of hydrogen-bond acceptors (Lipinski definition) is 5. The smallest absolute Gasteiger partial charge is 0.225 e. The maximum Gasteiger partial charge on any atom is 0.225 e. The van der Waals surface area contributed by atoms with Crippen molar-refractivity contribution in [3.63, 3.8) is 0 Å². The predicted octanol–water partition coefficient (Wildman–Crippen LogP) is 1.21. The summed E-state index contributed by atoms with van der Waals surface area (Å²) >= 11 is 0. The largest absolute Gasteiger partial charge is 0.333 e. The minimum absolute atomic E-state index is 0.416. The highest BCUT2D eigenvalue weighted by Gasteiger charge is 2.24. The summed E-state index contributed by atoms with van der Waals surface area (Å²) in [5, 5.41) is 4.32. The normalized spacial score (nSPS) is 18.0. The highest BCUT2D eigenvalue weighted by atomic mass is 15.3. The lowest BCUT2D eigenvalue weighted by atomic mass is 10.1. The van der Waals surface area contributed by atoms with E-state index in [1.165, 1.54) is 0 Å². The molecule has 22 heavy (non-hydrogen) atoms. The van der Waals surface area contributed by atoms with Gasteiger partial charge in [0.1, 0.15) is 5.82 Å². The van der Waals surface area contributed by atoms with Crippen LogP contribution in [-0.4, -0.2) is 35.8 Å². The molecular weight excluding hydrogens is 278 g/mol. The van der Waals surface area contributed by atoms with Gasteiger partial charge in [-0.15, -0.1) is 0 Å². The van der Waals surface area contributed by atoms with Crippen molar-refractivity contribution in [3.05, 3.63) is 55.1 Å². The van der Waals surface area contributed by atoms with E-state index in [4.69, 9.17) is 0 Å². The zero-order valence-electron chi connectivity index (χ0n) is 12.2. The molecular formula is C15H17N7. The lowest BCUT2D eigenvalue weighted by molar-refractivity contribution is 0.378. The van der Waals surface area contributed by atoms with Crippen LogP contribution in [0.5, 0.6) is 0 Å². The maximum atomic E-state index is 4.47. The molecule has 7 nitrogen and oxygen atoms in total. The third-order valence-electron chi connectivity index (χ3n) is 3.91. The predicted molar refractivity (Wildman–Crippen MR) is 81.0 cm³/mol. The van der Waals surface area contributed by atoms with E-state index < -0.39 is 0 Å². The number of rotatable bonds is 3. The van der Waals surface area contributed by atoms with Gasteiger partial charge in [0.2, 0.25) is 5.95 Å². The summed E-state index contributed by atoms with van der Waals surface area (Å²) in [6, 6.07) is 3.79. The van der Waals surface area contributed by atoms with Crippen molar-refractivity contribution in [2.75, 3.05) is 11.4 Å². The van der Waals surface area contributed by atoms with Gasteiger partial charge in [-0.2, -0.15) is 5.10 Å². The summed E-state index contributed by atoms with van der Waals surface area (Å²) in [6.07, 6.45) is 11.3. The van der Waals surface area contributed by atoms with Gasteiger partial charge < -0.3 is 9.47 Å². The minimum Gasteiger partial charge on any atom is -0.333 e. The monoisotopic (exact) mass is 295 g/mol. The number of nitrogens with zero attached hydrogens (tertiary/aromatic N) is 7. The first-order chi connectivity index (χ1) is 10.9. The molecule has 1 unspecified atom stereocenters. The van der Waals surface area contributed by atoms with Crippen LogP contribution in [0.15, 0.2) is 49.3 Å². The van der Waals surface area contributed by atoms with E-state index in [0.717, 1.165) is 38.0 Å². The van der Waals surface area contributed by atoms with Crippen LogP contribution in [0.4, 0.5) is 5.95 Å². The van der Waals surface area contributed by atoms with E-state index >= 15 is 0 Å². The van der Waals surface area contributed by atoms with Crippen molar-refractivity contribution in [2.45, 2.75) is 19.6 Å². The summed E-state index contributed by atoms with van der Waals surface area (Å²) in [4.78, 5) is 15.4. The summed E-state index contributed by atoms with van der Waals surface area (Å²) in [5.74, 6) is 2.22. The van der Waals surface area contributed by atoms with Crippen LogP contribution in [0.3, 0.4) is 0 Å². The zero-order valence-corrected chi connectivity index (χ0v) is 12.2. The molecule has 3 aromatic rings. The van der Waals surface area contributed by atoms with Crippen molar-refractivity contribution in [1.29, 1.82) is 0 Å². The molecule has 7 heteroatoms. The Bertz CT molecular complexity index is 719. The first-order valence-corrected chi connectivity index (χ1v) is 7.38. The molecule has 0 aromatic carbocycles. The van der Waals surface area contributed by atoms with Gasteiger partial charge in [0, 0.05) is 62.7 Å². The van der Waals surface area contributed by atoms with E-state index in [2.05, 4.69) is 29.5 Å². The molecule has 0 fully saturated rings. The highest BCUT2D eigenvalue weighted by Crippen LogP contribution is 2.20. The zero-order chi connectivity index (χ0) is 14.8. The lowest BCUT2D eigenvalue weighted by Crippen LogP contribution is -2.31. The Morgan fingerprint density at radius 3 is 2.68 bits per heavy atom. The van der Waals surface area contributed by atoms with E-state index in [9.17, 15) is 0 Å². The highest BCUT2D eigenvalue weighted by molar-refractivity contribution is 5.29. The van der Waals surface area contributed by atoms with Crippen molar-refractivity contribution in [1.82, 2.24) is 29.3 Å². The van der Waals surface area contributed by atoms with Crippen LogP contribution in [0, 0.1) is 5.92 Å². The Morgan fingerprint density at radius 1 is 0.955 bits per heavy atom. The first-order valence-electron chi connectivity index (χ1n) is 7.38. The van der Waals surface area contributed by atoms with E-state index in [-0.39, 0.29) is 0 Å². The quantitative estimate of drug-likeness (QED) is 0.726. The Labute approximate surface area is 128 Å². The Balaban J connectivity index is 1.63. The SMILES string of the molecule is c1cnc(N2Cc3nccn3CC(Cn3cccn3)C2)nc1. The lowest BCUT2D eigenvalue weighted by Gasteiger charge is -2.23. The van der Waals surface area contributed by atoms with Crippen LogP contribution in [-0.2, 0) is 19.6 Å². The number of aromatic nitrogens is 6. The summed E-state index contributed by atoms with van der Waals surface area (Å²) < 4.78 is 4.20. The first kappa shape index (κ1) is 13.0. The van der Waals surface area contributed by atoms with Crippen LogP contribution < -0.4 is 4.90 Å². The molecule has 112 valence electrons. The fourth-order valence-corrected chi connectivity index (χ4v) is 2.94. The van der Waals surface area contributed by atoms with Crippen LogP contribution in [0.2, 0.25) is 0 Å². The topological polar surface area (TPSA) is 64.7 Å². The second kappa shape index (κ2) is 5.59. The van der Waals surface area contributed by atoms with Crippen molar-refractivity contribution < 1.29 is 0 Å². The summed E-state index contributed by atoms with van der Waals surface area (Å²) in [6.45, 7) is 3.41. The fraction of sp³-hybridized carbons (Fsp3) is 0.333. The maximum absolute atomic E-state index is 4.47. The molecule has 4 rings (SSSR count). The molecule has 1 atom stereocenters. The second-order valence-electron chi connectivity index (χ2n) is 5.52. The van der Waals surface area contributed by atoms with Gasteiger partial charge in [-0.25, -0.2) is 15.0 Å². The van der Waals surface area contributed by atoms with Gasteiger partial charge in [0.05, 0.1) is 6.54 Å².